The van der Waals surface area contributed by atoms with Gasteiger partial charge in [0, 0.05) is 12.6 Å². The molecule has 0 saturated carbocycles. The Kier molecular flexibility index (Phi) is 3.06. The van der Waals surface area contributed by atoms with Gasteiger partial charge in [0.2, 0.25) is 5.91 Å². The second kappa shape index (κ2) is 3.99. The molecule has 0 fully saturated rings. The van der Waals surface area contributed by atoms with Gasteiger partial charge in [0.15, 0.2) is 5.75 Å². The number of carbonyl (C=O) groups excluding carboxylic acids is 1. The van der Waals surface area contributed by atoms with Gasteiger partial charge >= 0.3 is 0 Å². The van der Waals surface area contributed by atoms with E-state index < -0.39 is 26.7 Å². The van der Waals surface area contributed by atoms with Crippen molar-refractivity contribution in [3.05, 3.63) is 12.1 Å². The third kappa shape index (κ3) is 2.61. The van der Waals surface area contributed by atoms with Gasteiger partial charge in [-0.3, -0.25) is 9.35 Å². The van der Waals surface area contributed by atoms with E-state index in [0.29, 0.717) is 0 Å². The van der Waals surface area contributed by atoms with Crippen LogP contribution in [0.15, 0.2) is 17.0 Å². The molecule has 0 aromatic heterocycles. The van der Waals surface area contributed by atoms with Gasteiger partial charge in [0.25, 0.3) is 10.1 Å². The fourth-order valence-corrected chi connectivity index (χ4v) is 1.75. The minimum atomic E-state index is -4.60. The van der Waals surface area contributed by atoms with Crippen molar-refractivity contribution in [2.75, 3.05) is 11.1 Å². The molecule has 0 unspecified atom stereocenters. The summed E-state index contributed by atoms with van der Waals surface area (Å²) in [6, 6.07) is 2.06. The maximum atomic E-state index is 10.9. The normalized spacial score (nSPS) is 11.1. The van der Waals surface area contributed by atoms with E-state index in [4.69, 9.17) is 10.3 Å². The van der Waals surface area contributed by atoms with Crippen molar-refractivity contribution in [1.82, 2.24) is 0 Å². The number of rotatable bonds is 2. The van der Waals surface area contributed by atoms with Crippen molar-refractivity contribution in [1.29, 1.82) is 0 Å². The molecule has 5 N–H and O–H groups in total. The number of phenols is 1. The summed E-state index contributed by atoms with van der Waals surface area (Å²) in [5, 5.41) is 11.7. The van der Waals surface area contributed by atoms with Gasteiger partial charge in [-0.1, -0.05) is 0 Å². The van der Waals surface area contributed by atoms with Crippen LogP contribution in [0.5, 0.6) is 5.75 Å². The van der Waals surface area contributed by atoms with Gasteiger partial charge in [0.1, 0.15) is 4.90 Å². The fraction of sp³-hybridized carbons (Fsp3) is 0.125. The summed E-state index contributed by atoms with van der Waals surface area (Å²) >= 11 is 0. The molecule has 88 valence electrons. The highest BCUT2D eigenvalue weighted by Gasteiger charge is 2.19. The van der Waals surface area contributed by atoms with E-state index in [0.717, 1.165) is 6.07 Å². The third-order valence-corrected chi connectivity index (χ3v) is 2.55. The molecule has 16 heavy (non-hydrogen) atoms. The van der Waals surface area contributed by atoms with Crippen LogP contribution in [-0.4, -0.2) is 24.0 Å². The van der Waals surface area contributed by atoms with E-state index in [1.165, 1.54) is 13.0 Å². The lowest BCUT2D eigenvalue weighted by atomic mass is 10.2. The molecule has 7 nitrogen and oxygen atoms in total. The Morgan fingerprint density at radius 2 is 2.00 bits per heavy atom. The Balaban J connectivity index is 3.44. The predicted molar refractivity (Wildman–Crippen MR) is 56.6 cm³/mol. The number of carbonyl (C=O) groups is 1. The van der Waals surface area contributed by atoms with Crippen molar-refractivity contribution >= 4 is 27.4 Å². The van der Waals surface area contributed by atoms with Crippen LogP contribution in [0.2, 0.25) is 0 Å². The Hall–Kier alpha value is -1.80. The number of nitrogen functional groups attached to an aromatic ring is 1. The number of nitrogens with one attached hydrogen (secondary N) is 1. The Morgan fingerprint density at radius 1 is 1.44 bits per heavy atom. The summed E-state index contributed by atoms with van der Waals surface area (Å²) in [6.45, 7) is 1.18. The molecule has 0 aliphatic heterocycles. The molecule has 0 heterocycles. The van der Waals surface area contributed by atoms with Crippen LogP contribution in [0.4, 0.5) is 11.4 Å². The number of amides is 1. The summed E-state index contributed by atoms with van der Waals surface area (Å²) in [4.78, 5) is 10.0. The second-order valence-corrected chi connectivity index (χ2v) is 4.46. The number of benzene rings is 1. The van der Waals surface area contributed by atoms with Crippen molar-refractivity contribution in [3.63, 3.8) is 0 Å². The molecule has 8 heteroatoms. The molecule has 1 aromatic carbocycles. The average molecular weight is 246 g/mol. The second-order valence-electron chi connectivity index (χ2n) is 3.07. The minimum absolute atomic E-state index is 0.0193. The summed E-state index contributed by atoms with van der Waals surface area (Å²) in [6.07, 6.45) is 0. The quantitative estimate of drug-likeness (QED) is 0.255. The largest absolute Gasteiger partial charge is 0.504 e. The van der Waals surface area contributed by atoms with Crippen molar-refractivity contribution in [2.24, 2.45) is 0 Å². The SMILES string of the molecule is CC(=O)Nc1cc(N)cc(S(=O)(=O)O)c1O. The van der Waals surface area contributed by atoms with Crippen LogP contribution < -0.4 is 11.1 Å². The van der Waals surface area contributed by atoms with Gasteiger partial charge in [-0.05, 0) is 12.1 Å². The Morgan fingerprint density at radius 3 is 2.44 bits per heavy atom. The zero-order chi connectivity index (χ0) is 12.5. The lowest BCUT2D eigenvalue weighted by molar-refractivity contribution is -0.114. The van der Waals surface area contributed by atoms with Crippen LogP contribution in [0.25, 0.3) is 0 Å². The van der Waals surface area contributed by atoms with Crippen LogP contribution in [-0.2, 0) is 14.9 Å². The number of hydrogen-bond acceptors (Lipinski definition) is 5. The molecule has 0 bridgehead atoms. The lowest BCUT2D eigenvalue weighted by Crippen LogP contribution is -2.08. The van der Waals surface area contributed by atoms with E-state index in [2.05, 4.69) is 5.32 Å². The average Bonchev–Trinajstić information content (AvgIpc) is 2.07. The van der Waals surface area contributed by atoms with Gasteiger partial charge in [-0.25, -0.2) is 0 Å². The molecule has 0 atom stereocenters. The molecule has 1 amide bonds. The first-order valence-electron chi connectivity index (χ1n) is 4.09. The van der Waals surface area contributed by atoms with E-state index in [1.54, 1.807) is 0 Å². The van der Waals surface area contributed by atoms with Crippen LogP contribution >= 0.6 is 0 Å². The van der Waals surface area contributed by atoms with E-state index >= 15 is 0 Å². The summed E-state index contributed by atoms with van der Waals surface area (Å²) in [5.74, 6) is -1.27. The fourth-order valence-electron chi connectivity index (χ4n) is 1.11. The zero-order valence-electron chi connectivity index (χ0n) is 8.26. The molecular weight excluding hydrogens is 236 g/mol. The first-order valence-corrected chi connectivity index (χ1v) is 5.53. The van der Waals surface area contributed by atoms with Crippen LogP contribution in [0, 0.1) is 0 Å². The molecule has 0 radical (unpaired) electrons. The first-order chi connectivity index (χ1) is 7.21. The minimum Gasteiger partial charge on any atom is -0.504 e. The smallest absolute Gasteiger partial charge is 0.298 e. The lowest BCUT2D eigenvalue weighted by Gasteiger charge is -2.09. The molecule has 1 aromatic rings. The molecule has 0 aliphatic carbocycles. The number of hydrogen-bond donors (Lipinski definition) is 4. The highest BCUT2D eigenvalue weighted by atomic mass is 32.2. The van der Waals surface area contributed by atoms with E-state index in [1.807, 2.05) is 0 Å². The van der Waals surface area contributed by atoms with E-state index in [-0.39, 0.29) is 11.4 Å². The third-order valence-electron chi connectivity index (χ3n) is 1.69. The number of nitrogens with two attached hydrogens (primary N) is 1. The number of aromatic hydroxyl groups is 1. The molecular formula is C8H10N2O5S. The molecule has 1 rings (SSSR count). The molecule has 0 spiro atoms. The number of anilines is 2. The van der Waals surface area contributed by atoms with Crippen molar-refractivity contribution < 1.29 is 22.9 Å². The van der Waals surface area contributed by atoms with Crippen LogP contribution in [0.1, 0.15) is 6.92 Å². The Bertz CT molecular complexity index is 538. The van der Waals surface area contributed by atoms with Gasteiger partial charge in [0.05, 0.1) is 5.69 Å². The van der Waals surface area contributed by atoms with E-state index in [9.17, 15) is 18.3 Å². The summed E-state index contributed by atoms with van der Waals surface area (Å²) in [7, 11) is -4.60. The van der Waals surface area contributed by atoms with Crippen molar-refractivity contribution in [2.45, 2.75) is 11.8 Å². The summed E-state index contributed by atoms with van der Waals surface area (Å²) < 4.78 is 30.5. The Labute approximate surface area is 91.6 Å². The standard InChI is InChI=1S/C8H10N2O5S/c1-4(11)10-6-2-5(9)3-7(8(6)12)16(13,14)15/h2-3,12H,9H2,1H3,(H,10,11)(H,13,14,15). The highest BCUT2D eigenvalue weighted by Crippen LogP contribution is 2.33. The zero-order valence-corrected chi connectivity index (χ0v) is 9.08. The maximum absolute atomic E-state index is 10.9. The van der Waals surface area contributed by atoms with Gasteiger partial charge < -0.3 is 16.2 Å². The maximum Gasteiger partial charge on any atom is 0.298 e. The van der Waals surface area contributed by atoms with Crippen LogP contribution in [0.3, 0.4) is 0 Å². The van der Waals surface area contributed by atoms with Crippen molar-refractivity contribution in [3.8, 4) is 5.75 Å². The number of phenolic OH excluding ortho intramolecular Hbond substituents is 1. The van der Waals surface area contributed by atoms with Gasteiger partial charge in [-0.2, -0.15) is 8.42 Å². The topological polar surface area (TPSA) is 130 Å². The predicted octanol–water partition coefficient (Wildman–Crippen LogP) is 0.179. The highest BCUT2D eigenvalue weighted by molar-refractivity contribution is 7.86. The molecule has 0 saturated heterocycles. The van der Waals surface area contributed by atoms with Gasteiger partial charge in [-0.15, -0.1) is 0 Å². The summed E-state index contributed by atoms with van der Waals surface area (Å²) in [5.41, 5.74) is 5.16. The monoisotopic (exact) mass is 246 g/mol. The molecule has 0 aliphatic rings. The first kappa shape index (κ1) is 12.3.